The maximum atomic E-state index is 13.9. The van der Waals surface area contributed by atoms with Crippen LogP contribution in [-0.4, -0.2) is 67.7 Å². The topological polar surface area (TPSA) is 60.9 Å². The van der Waals surface area contributed by atoms with Gasteiger partial charge in [-0.1, -0.05) is 24.3 Å². The number of sulfonamides is 1. The van der Waals surface area contributed by atoms with E-state index in [9.17, 15) is 17.6 Å². The van der Waals surface area contributed by atoms with Gasteiger partial charge in [-0.15, -0.1) is 0 Å². The van der Waals surface area contributed by atoms with Crippen molar-refractivity contribution in [1.82, 2.24) is 14.1 Å². The van der Waals surface area contributed by atoms with Crippen molar-refractivity contribution < 1.29 is 17.6 Å². The van der Waals surface area contributed by atoms with E-state index in [1.165, 1.54) is 11.6 Å². The average molecular weight is 486 g/mol. The number of rotatable bonds is 5. The summed E-state index contributed by atoms with van der Waals surface area (Å²) in [4.78, 5) is 17.6. The van der Waals surface area contributed by atoms with Crippen LogP contribution < -0.4 is 0 Å². The van der Waals surface area contributed by atoms with Gasteiger partial charge in [0.25, 0.3) is 0 Å². The summed E-state index contributed by atoms with van der Waals surface area (Å²) >= 11 is 0. The number of hydrogen-bond acceptors (Lipinski definition) is 4. The molecular weight excluding hydrogens is 453 g/mol. The van der Waals surface area contributed by atoms with Crippen LogP contribution in [0.25, 0.3) is 0 Å². The predicted octanol–water partition coefficient (Wildman–Crippen LogP) is 3.06. The number of piperazine rings is 1. The molecule has 2 saturated heterocycles. The molecule has 0 saturated carbocycles. The van der Waals surface area contributed by atoms with Crippen LogP contribution in [0.5, 0.6) is 0 Å². The van der Waals surface area contributed by atoms with Gasteiger partial charge in [-0.05, 0) is 61.4 Å². The van der Waals surface area contributed by atoms with E-state index < -0.39 is 10.0 Å². The molecule has 34 heavy (non-hydrogen) atoms. The molecule has 2 aromatic rings. The highest BCUT2D eigenvalue weighted by Crippen LogP contribution is 2.29. The van der Waals surface area contributed by atoms with Crippen molar-refractivity contribution >= 4 is 15.9 Å². The number of piperidine rings is 1. The highest BCUT2D eigenvalue weighted by Gasteiger charge is 2.35. The molecule has 1 amide bonds. The number of carbonyl (C=O) groups is 1. The molecule has 0 unspecified atom stereocenters. The molecule has 0 N–H and O–H groups in total. The van der Waals surface area contributed by atoms with E-state index in [1.54, 1.807) is 22.5 Å². The summed E-state index contributed by atoms with van der Waals surface area (Å²) in [5.74, 6) is -0.202. The lowest BCUT2D eigenvalue weighted by atomic mass is 9.96. The lowest BCUT2D eigenvalue weighted by Crippen LogP contribution is -2.51. The van der Waals surface area contributed by atoms with Gasteiger partial charge in [-0.2, -0.15) is 4.31 Å². The molecule has 8 heteroatoms. The summed E-state index contributed by atoms with van der Waals surface area (Å²) in [6, 6.07) is 12.3. The third kappa shape index (κ3) is 4.76. The first kappa shape index (κ1) is 23.5. The minimum absolute atomic E-state index is 0.125. The summed E-state index contributed by atoms with van der Waals surface area (Å²) in [5, 5.41) is 0. The summed E-state index contributed by atoms with van der Waals surface area (Å²) in [6.07, 6.45) is 4.17. The number of nitrogens with zero attached hydrogens (tertiary/aromatic N) is 3. The Labute approximate surface area is 201 Å². The van der Waals surface area contributed by atoms with Gasteiger partial charge in [0.15, 0.2) is 0 Å². The fraction of sp³-hybridized carbons (Fsp3) is 0.500. The smallest absolute Gasteiger partial charge is 0.243 e. The highest BCUT2D eigenvalue weighted by molar-refractivity contribution is 7.89. The molecule has 182 valence electrons. The van der Waals surface area contributed by atoms with Gasteiger partial charge in [-0.25, -0.2) is 12.8 Å². The number of hydrogen-bond donors (Lipinski definition) is 0. The first-order valence-electron chi connectivity index (χ1n) is 12.3. The minimum Gasteiger partial charge on any atom is -0.340 e. The number of amides is 1. The molecule has 1 aliphatic carbocycles. The first-order valence-corrected chi connectivity index (χ1v) is 13.7. The molecule has 0 spiro atoms. The average Bonchev–Trinajstić information content (AvgIpc) is 3.34. The van der Waals surface area contributed by atoms with Crippen LogP contribution in [-0.2, 0) is 34.2 Å². The quantitative estimate of drug-likeness (QED) is 0.653. The molecule has 0 radical (unpaired) electrons. The van der Waals surface area contributed by atoms with Gasteiger partial charge in [0, 0.05) is 57.3 Å². The maximum absolute atomic E-state index is 13.9. The zero-order valence-electron chi connectivity index (χ0n) is 19.5. The van der Waals surface area contributed by atoms with Crippen LogP contribution in [0.2, 0.25) is 0 Å². The van der Waals surface area contributed by atoms with Crippen LogP contribution in [0.4, 0.5) is 4.39 Å². The van der Waals surface area contributed by atoms with Crippen molar-refractivity contribution in [1.29, 1.82) is 0 Å². The Kier molecular flexibility index (Phi) is 6.73. The van der Waals surface area contributed by atoms with E-state index in [0.29, 0.717) is 69.1 Å². The van der Waals surface area contributed by atoms with Crippen molar-refractivity contribution in [2.24, 2.45) is 5.92 Å². The molecule has 0 atom stereocenters. The highest BCUT2D eigenvalue weighted by atomic mass is 32.2. The van der Waals surface area contributed by atoms with E-state index in [1.807, 2.05) is 23.1 Å². The lowest BCUT2D eigenvalue weighted by Gasteiger charge is -2.38. The van der Waals surface area contributed by atoms with Crippen molar-refractivity contribution in [2.75, 3.05) is 39.3 Å². The van der Waals surface area contributed by atoms with E-state index in [-0.39, 0.29) is 17.6 Å². The van der Waals surface area contributed by atoms with Gasteiger partial charge in [-0.3, -0.25) is 9.69 Å². The molecule has 6 nitrogen and oxygen atoms in total. The van der Waals surface area contributed by atoms with Gasteiger partial charge in [0.1, 0.15) is 5.82 Å². The van der Waals surface area contributed by atoms with Crippen LogP contribution in [0, 0.1) is 11.7 Å². The zero-order valence-corrected chi connectivity index (χ0v) is 20.3. The predicted molar refractivity (Wildman–Crippen MR) is 128 cm³/mol. The second-order valence-electron chi connectivity index (χ2n) is 9.66. The van der Waals surface area contributed by atoms with Gasteiger partial charge in [0.2, 0.25) is 15.9 Å². The molecular formula is C26H32FN3O3S. The van der Waals surface area contributed by atoms with Crippen molar-refractivity contribution in [3.8, 4) is 0 Å². The fourth-order valence-electron chi connectivity index (χ4n) is 5.45. The van der Waals surface area contributed by atoms with Gasteiger partial charge in [0.05, 0.1) is 4.90 Å². The van der Waals surface area contributed by atoms with Crippen LogP contribution in [0.15, 0.2) is 47.4 Å². The third-order valence-corrected chi connectivity index (χ3v) is 9.44. The molecule has 0 bridgehead atoms. The van der Waals surface area contributed by atoms with Crippen LogP contribution >= 0.6 is 0 Å². The van der Waals surface area contributed by atoms with Crippen molar-refractivity contribution in [3.05, 3.63) is 65.0 Å². The van der Waals surface area contributed by atoms with E-state index in [2.05, 4.69) is 4.90 Å². The Bertz CT molecular complexity index is 1150. The molecule has 2 heterocycles. The Morgan fingerprint density at radius 3 is 2.35 bits per heavy atom. The molecule has 2 aliphatic heterocycles. The largest absolute Gasteiger partial charge is 0.340 e. The van der Waals surface area contributed by atoms with Crippen LogP contribution in [0.3, 0.4) is 0 Å². The number of carbonyl (C=O) groups excluding carboxylic acids is 1. The molecule has 5 rings (SSSR count). The number of aryl methyl sites for hydroxylation is 2. The SMILES string of the molecule is O=C(C1CCN(S(=O)(=O)c2ccc3c(c2)CCC3)CC1)N1CCN(Cc2ccccc2F)CC1. The van der Waals surface area contributed by atoms with Gasteiger partial charge < -0.3 is 4.90 Å². The van der Waals surface area contributed by atoms with Gasteiger partial charge >= 0.3 is 0 Å². The Balaban J connectivity index is 1.13. The Morgan fingerprint density at radius 2 is 1.62 bits per heavy atom. The van der Waals surface area contributed by atoms with E-state index in [4.69, 9.17) is 0 Å². The Hall–Kier alpha value is -2.29. The first-order chi connectivity index (χ1) is 16.4. The molecule has 2 fully saturated rings. The van der Waals surface area contributed by atoms with E-state index in [0.717, 1.165) is 24.8 Å². The normalized spacial score (nSPS) is 20.4. The summed E-state index contributed by atoms with van der Waals surface area (Å²) < 4.78 is 41.8. The number of benzene rings is 2. The maximum Gasteiger partial charge on any atom is 0.243 e. The lowest BCUT2D eigenvalue weighted by molar-refractivity contribution is -0.138. The summed E-state index contributed by atoms with van der Waals surface area (Å²) in [5.41, 5.74) is 3.09. The summed E-state index contributed by atoms with van der Waals surface area (Å²) in [6.45, 7) is 3.99. The Morgan fingerprint density at radius 1 is 0.912 bits per heavy atom. The number of fused-ring (bicyclic) bond motifs is 1. The van der Waals surface area contributed by atoms with E-state index >= 15 is 0 Å². The minimum atomic E-state index is -3.53. The van der Waals surface area contributed by atoms with Crippen molar-refractivity contribution in [3.63, 3.8) is 0 Å². The number of halogens is 1. The van der Waals surface area contributed by atoms with Crippen LogP contribution in [0.1, 0.15) is 36.0 Å². The molecule has 2 aromatic carbocycles. The molecule has 3 aliphatic rings. The zero-order chi connectivity index (χ0) is 23.7. The van der Waals surface area contributed by atoms with Crippen molar-refractivity contribution in [2.45, 2.75) is 43.5 Å². The fourth-order valence-corrected chi connectivity index (χ4v) is 6.97. The second-order valence-corrected chi connectivity index (χ2v) is 11.6. The third-order valence-electron chi connectivity index (χ3n) is 7.55. The summed E-state index contributed by atoms with van der Waals surface area (Å²) in [7, 11) is -3.53. The second kappa shape index (κ2) is 9.76. The standard InChI is InChI=1S/C26H32FN3O3S/c27-25-7-2-1-4-23(25)19-28-14-16-29(17-15-28)26(31)21-10-12-30(13-11-21)34(32,33)24-9-8-20-5-3-6-22(20)18-24/h1-2,4,7-9,18,21H,3,5-6,10-17,19H2. The molecule has 0 aromatic heterocycles. The monoisotopic (exact) mass is 485 g/mol.